The van der Waals surface area contributed by atoms with Crippen molar-refractivity contribution in [1.29, 1.82) is 0 Å². The van der Waals surface area contributed by atoms with Crippen LogP contribution in [0.1, 0.15) is 11.4 Å². The third-order valence-electron chi connectivity index (χ3n) is 5.44. The van der Waals surface area contributed by atoms with E-state index in [9.17, 15) is 4.79 Å². The van der Waals surface area contributed by atoms with Crippen LogP contribution in [-0.4, -0.2) is 36.9 Å². The molecular weight excluding hydrogens is 422 g/mol. The van der Waals surface area contributed by atoms with Crippen molar-refractivity contribution in [3.05, 3.63) is 81.5 Å². The van der Waals surface area contributed by atoms with Gasteiger partial charge in [-0.25, -0.2) is 4.79 Å². The zero-order valence-electron chi connectivity index (χ0n) is 15.2. The lowest BCUT2D eigenvalue weighted by atomic mass is 9.75. The molecule has 0 saturated carbocycles. The summed E-state index contributed by atoms with van der Waals surface area (Å²) in [5.41, 5.74) is 2.56. The van der Waals surface area contributed by atoms with Gasteiger partial charge >= 0.3 is 5.69 Å². The van der Waals surface area contributed by atoms with Gasteiger partial charge < -0.3 is 9.30 Å². The lowest BCUT2D eigenvalue weighted by Crippen LogP contribution is -2.49. The predicted molar refractivity (Wildman–Crippen MR) is 108 cm³/mol. The minimum absolute atomic E-state index is 0.0966. The van der Waals surface area contributed by atoms with Crippen LogP contribution in [0, 0.1) is 0 Å². The zero-order chi connectivity index (χ0) is 19.3. The maximum Gasteiger partial charge on any atom is 0.337 e. The molecule has 0 atom stereocenters. The highest BCUT2D eigenvalue weighted by atomic mass is 79.9. The number of pyridine rings is 1. The summed E-state index contributed by atoms with van der Waals surface area (Å²) in [5, 5.41) is 8.22. The largest absolute Gasteiger partial charge is 0.379 e. The molecule has 0 spiro atoms. The second-order valence-corrected chi connectivity index (χ2v) is 8.11. The van der Waals surface area contributed by atoms with Gasteiger partial charge in [0.15, 0.2) is 0 Å². The quantitative estimate of drug-likeness (QED) is 0.489. The Morgan fingerprint density at radius 2 is 2.11 bits per heavy atom. The SMILES string of the molecule is Cn1cnnc1CC1(c2cccc(-n3cc4c(Br)cccn4c3=O)c2)COC1. The van der Waals surface area contributed by atoms with E-state index in [0.29, 0.717) is 13.2 Å². The molecule has 0 N–H and O–H groups in total. The Morgan fingerprint density at radius 1 is 1.25 bits per heavy atom. The van der Waals surface area contributed by atoms with Crippen molar-refractivity contribution in [3.8, 4) is 5.69 Å². The van der Waals surface area contributed by atoms with Gasteiger partial charge in [-0.05, 0) is 45.8 Å². The minimum atomic E-state index is -0.153. The summed E-state index contributed by atoms with van der Waals surface area (Å²) in [6, 6.07) is 11.9. The molecule has 1 fully saturated rings. The number of nitrogens with zero attached hydrogens (tertiary/aromatic N) is 5. The van der Waals surface area contributed by atoms with Crippen molar-refractivity contribution in [2.24, 2.45) is 7.05 Å². The maximum absolute atomic E-state index is 12.9. The first kappa shape index (κ1) is 17.4. The second kappa shape index (κ2) is 6.42. The van der Waals surface area contributed by atoms with Gasteiger partial charge in [-0.1, -0.05) is 12.1 Å². The van der Waals surface area contributed by atoms with Crippen molar-refractivity contribution >= 4 is 21.4 Å². The monoisotopic (exact) mass is 439 g/mol. The molecule has 1 aliphatic heterocycles. The van der Waals surface area contributed by atoms with Gasteiger partial charge in [-0.2, -0.15) is 0 Å². The van der Waals surface area contributed by atoms with E-state index < -0.39 is 0 Å². The predicted octanol–water partition coefficient (Wildman–Crippen LogP) is 2.49. The fourth-order valence-corrected chi connectivity index (χ4v) is 4.18. The molecule has 1 aliphatic rings. The van der Waals surface area contributed by atoms with Crippen molar-refractivity contribution in [3.63, 3.8) is 0 Å². The number of hydrogen-bond acceptors (Lipinski definition) is 4. The van der Waals surface area contributed by atoms with Gasteiger partial charge in [0.2, 0.25) is 0 Å². The van der Waals surface area contributed by atoms with Gasteiger partial charge in [0, 0.05) is 35.7 Å². The van der Waals surface area contributed by atoms with Crippen LogP contribution >= 0.6 is 15.9 Å². The Hall–Kier alpha value is -2.71. The molecule has 4 heterocycles. The number of fused-ring (bicyclic) bond motifs is 1. The van der Waals surface area contributed by atoms with Crippen LogP contribution in [-0.2, 0) is 23.6 Å². The van der Waals surface area contributed by atoms with Gasteiger partial charge in [0.05, 0.1) is 24.4 Å². The molecule has 1 saturated heterocycles. The lowest BCUT2D eigenvalue weighted by molar-refractivity contribution is -0.0611. The smallest absolute Gasteiger partial charge is 0.337 e. The minimum Gasteiger partial charge on any atom is -0.379 e. The summed E-state index contributed by atoms with van der Waals surface area (Å²) in [4.78, 5) is 12.9. The molecule has 0 bridgehead atoms. The summed E-state index contributed by atoms with van der Waals surface area (Å²) in [6.07, 6.45) is 6.09. The average molecular weight is 440 g/mol. The molecule has 28 heavy (non-hydrogen) atoms. The number of aryl methyl sites for hydroxylation is 1. The van der Waals surface area contributed by atoms with Gasteiger partial charge in [0.25, 0.3) is 0 Å². The topological polar surface area (TPSA) is 66.3 Å². The standard InChI is InChI=1S/C20H18BrN5O2/c1-24-13-22-23-18(24)9-20(11-28-12-20)14-4-2-5-15(8-14)26-10-17-16(21)6-3-7-25(17)19(26)27/h2-8,10,13H,9,11-12H2,1H3. The fraction of sp³-hybridized carbons (Fsp3) is 0.250. The maximum atomic E-state index is 12.9. The molecule has 1 aromatic carbocycles. The van der Waals surface area contributed by atoms with Crippen LogP contribution in [0.15, 0.2) is 64.4 Å². The Labute approximate surface area is 169 Å². The average Bonchev–Trinajstić information content (AvgIpc) is 3.23. The van der Waals surface area contributed by atoms with Crippen LogP contribution < -0.4 is 5.69 Å². The highest BCUT2D eigenvalue weighted by Crippen LogP contribution is 2.36. The van der Waals surface area contributed by atoms with E-state index in [-0.39, 0.29) is 11.1 Å². The van der Waals surface area contributed by atoms with Gasteiger partial charge in [0.1, 0.15) is 12.2 Å². The van der Waals surface area contributed by atoms with E-state index in [1.807, 2.05) is 42.1 Å². The molecule has 4 aromatic rings. The molecule has 5 rings (SSSR count). The fourth-order valence-electron chi connectivity index (χ4n) is 3.74. The zero-order valence-corrected chi connectivity index (χ0v) is 16.8. The molecule has 0 radical (unpaired) electrons. The second-order valence-electron chi connectivity index (χ2n) is 7.25. The summed E-state index contributed by atoms with van der Waals surface area (Å²) in [6.45, 7) is 1.25. The summed E-state index contributed by atoms with van der Waals surface area (Å²) >= 11 is 3.52. The number of halogens is 1. The van der Waals surface area contributed by atoms with E-state index in [2.05, 4.69) is 38.3 Å². The molecule has 7 nitrogen and oxygen atoms in total. The van der Waals surface area contributed by atoms with Crippen LogP contribution in [0.2, 0.25) is 0 Å². The van der Waals surface area contributed by atoms with E-state index >= 15 is 0 Å². The van der Waals surface area contributed by atoms with Gasteiger partial charge in [-0.15, -0.1) is 10.2 Å². The summed E-state index contributed by atoms with van der Waals surface area (Å²) in [5.74, 6) is 0.921. The Balaban J connectivity index is 1.59. The van der Waals surface area contributed by atoms with Crippen molar-refractivity contribution in [1.82, 2.24) is 23.7 Å². The molecule has 0 amide bonds. The van der Waals surface area contributed by atoms with Crippen LogP contribution in [0.25, 0.3) is 11.2 Å². The first-order chi connectivity index (χ1) is 13.6. The van der Waals surface area contributed by atoms with Crippen molar-refractivity contribution in [2.75, 3.05) is 13.2 Å². The van der Waals surface area contributed by atoms with E-state index in [1.54, 1.807) is 21.5 Å². The highest BCUT2D eigenvalue weighted by molar-refractivity contribution is 9.10. The molecule has 8 heteroatoms. The van der Waals surface area contributed by atoms with E-state index in [0.717, 1.165) is 33.5 Å². The van der Waals surface area contributed by atoms with Crippen LogP contribution in [0.3, 0.4) is 0 Å². The molecule has 3 aromatic heterocycles. The Bertz CT molecular complexity index is 1230. The Kier molecular flexibility index (Phi) is 3.99. The van der Waals surface area contributed by atoms with Crippen molar-refractivity contribution < 1.29 is 4.74 Å². The molecule has 142 valence electrons. The molecule has 0 unspecified atom stereocenters. The van der Waals surface area contributed by atoms with Crippen LogP contribution in [0.4, 0.5) is 0 Å². The number of hydrogen-bond donors (Lipinski definition) is 0. The Morgan fingerprint density at radius 3 is 2.79 bits per heavy atom. The highest BCUT2D eigenvalue weighted by Gasteiger charge is 2.41. The molecule has 0 aliphatic carbocycles. The number of ether oxygens (including phenoxy) is 1. The van der Waals surface area contributed by atoms with E-state index in [1.165, 1.54) is 0 Å². The number of aromatic nitrogens is 5. The van der Waals surface area contributed by atoms with E-state index in [4.69, 9.17) is 4.74 Å². The summed E-state index contributed by atoms with van der Waals surface area (Å²) < 4.78 is 11.7. The molecular formula is C20H18BrN5O2. The van der Waals surface area contributed by atoms with Crippen LogP contribution in [0.5, 0.6) is 0 Å². The normalized spacial score (nSPS) is 15.6. The first-order valence-electron chi connectivity index (χ1n) is 8.97. The summed E-state index contributed by atoms with van der Waals surface area (Å²) in [7, 11) is 1.95. The van der Waals surface area contributed by atoms with Gasteiger partial charge in [-0.3, -0.25) is 8.97 Å². The lowest BCUT2D eigenvalue weighted by Gasteiger charge is -2.41. The third-order valence-corrected chi connectivity index (χ3v) is 6.11. The van der Waals surface area contributed by atoms with Crippen molar-refractivity contribution in [2.45, 2.75) is 11.8 Å². The number of benzene rings is 1. The number of rotatable bonds is 4. The third kappa shape index (κ3) is 2.63. The number of imidazole rings is 1. The first-order valence-corrected chi connectivity index (χ1v) is 9.76.